The van der Waals surface area contributed by atoms with Gasteiger partial charge in [0.05, 0.1) is 23.0 Å². The van der Waals surface area contributed by atoms with Crippen LogP contribution in [-0.4, -0.2) is 20.8 Å². The number of rotatable bonds is 3. The summed E-state index contributed by atoms with van der Waals surface area (Å²) in [6.45, 7) is 0. The number of sulfone groups is 1. The topological polar surface area (TPSA) is 43.4 Å². The highest BCUT2D eigenvalue weighted by molar-refractivity contribution is 7.92. The molecule has 0 amide bonds. The first-order valence-corrected chi connectivity index (χ1v) is 6.73. The van der Waals surface area contributed by atoms with Crippen LogP contribution in [-0.2, 0) is 14.6 Å². The summed E-state index contributed by atoms with van der Waals surface area (Å²) >= 11 is 0. The largest absolute Gasteiger partial charge is 0.501 e. The van der Waals surface area contributed by atoms with Gasteiger partial charge in [-0.05, 0) is 24.6 Å². The first kappa shape index (κ1) is 11.2. The van der Waals surface area contributed by atoms with E-state index >= 15 is 0 Å². The molecule has 86 valence electrons. The summed E-state index contributed by atoms with van der Waals surface area (Å²) in [5.41, 5.74) is 0. The van der Waals surface area contributed by atoms with E-state index < -0.39 is 15.1 Å². The van der Waals surface area contributed by atoms with Crippen molar-refractivity contribution in [2.24, 2.45) is 0 Å². The third-order valence-electron chi connectivity index (χ3n) is 2.78. The van der Waals surface area contributed by atoms with Crippen LogP contribution in [0.2, 0.25) is 0 Å². The van der Waals surface area contributed by atoms with Crippen LogP contribution in [0.15, 0.2) is 47.1 Å². The second-order valence-electron chi connectivity index (χ2n) is 3.77. The Bertz CT molecular complexity index is 488. The predicted molar refractivity (Wildman–Crippen MR) is 61.7 cm³/mol. The van der Waals surface area contributed by atoms with Crippen molar-refractivity contribution in [1.29, 1.82) is 0 Å². The van der Waals surface area contributed by atoms with E-state index in [-0.39, 0.29) is 0 Å². The zero-order valence-electron chi connectivity index (χ0n) is 9.09. The lowest BCUT2D eigenvalue weighted by molar-refractivity contribution is 0.282. The molecule has 1 aromatic rings. The maximum atomic E-state index is 12.2. The van der Waals surface area contributed by atoms with Gasteiger partial charge in [0.1, 0.15) is 0 Å². The lowest BCUT2D eigenvalue weighted by atomic mass is 10.3. The lowest BCUT2D eigenvalue weighted by Crippen LogP contribution is -2.16. The van der Waals surface area contributed by atoms with Crippen LogP contribution in [0.1, 0.15) is 12.8 Å². The van der Waals surface area contributed by atoms with E-state index in [9.17, 15) is 8.42 Å². The van der Waals surface area contributed by atoms with Crippen LogP contribution < -0.4 is 0 Å². The number of ether oxygens (including phenoxy) is 1. The van der Waals surface area contributed by atoms with Gasteiger partial charge in [-0.15, -0.1) is 0 Å². The minimum atomic E-state index is -3.24. The molecule has 0 aliphatic heterocycles. The maximum absolute atomic E-state index is 12.2. The van der Waals surface area contributed by atoms with Gasteiger partial charge in [-0.2, -0.15) is 0 Å². The number of benzene rings is 1. The third-order valence-corrected chi connectivity index (χ3v) is 4.88. The molecule has 0 radical (unpaired) electrons. The number of allylic oxidation sites excluding steroid dienone is 1. The minimum Gasteiger partial charge on any atom is -0.501 e. The van der Waals surface area contributed by atoms with Crippen molar-refractivity contribution in [3.05, 3.63) is 42.2 Å². The van der Waals surface area contributed by atoms with Gasteiger partial charge >= 0.3 is 0 Å². The predicted octanol–water partition coefficient (Wildman–Crippen LogP) is 2.15. The Kier molecular flexibility index (Phi) is 3.01. The summed E-state index contributed by atoms with van der Waals surface area (Å²) < 4.78 is 29.5. The molecule has 4 heteroatoms. The van der Waals surface area contributed by atoms with Crippen molar-refractivity contribution in [2.45, 2.75) is 23.0 Å². The van der Waals surface area contributed by atoms with Crippen molar-refractivity contribution >= 4 is 9.84 Å². The highest BCUT2D eigenvalue weighted by Crippen LogP contribution is 2.28. The third kappa shape index (κ3) is 1.97. The molecule has 0 N–H and O–H groups in total. The summed E-state index contributed by atoms with van der Waals surface area (Å²) in [7, 11) is -1.67. The molecule has 3 nitrogen and oxygen atoms in total. The SMILES string of the molecule is COC1=CC(S(=O)(=O)c2ccccc2)CC1. The van der Waals surface area contributed by atoms with E-state index in [2.05, 4.69) is 0 Å². The molecule has 1 aliphatic carbocycles. The molecule has 0 saturated heterocycles. The Labute approximate surface area is 95.7 Å². The molecule has 2 rings (SSSR count). The number of hydrogen-bond acceptors (Lipinski definition) is 3. The van der Waals surface area contributed by atoms with Crippen molar-refractivity contribution in [1.82, 2.24) is 0 Å². The van der Waals surface area contributed by atoms with Gasteiger partial charge in [-0.3, -0.25) is 0 Å². The van der Waals surface area contributed by atoms with Gasteiger partial charge in [0, 0.05) is 6.42 Å². The van der Waals surface area contributed by atoms with Gasteiger partial charge in [0.2, 0.25) is 0 Å². The average molecular weight is 238 g/mol. The second-order valence-corrected chi connectivity index (χ2v) is 5.94. The van der Waals surface area contributed by atoms with Crippen molar-refractivity contribution in [3.8, 4) is 0 Å². The fraction of sp³-hybridized carbons (Fsp3) is 0.333. The van der Waals surface area contributed by atoms with E-state index in [0.29, 0.717) is 17.7 Å². The molecule has 0 fully saturated rings. The fourth-order valence-electron chi connectivity index (χ4n) is 1.86. The lowest BCUT2D eigenvalue weighted by Gasteiger charge is -2.08. The molecule has 0 bridgehead atoms. The van der Waals surface area contributed by atoms with Crippen molar-refractivity contribution in [3.63, 3.8) is 0 Å². The molecular formula is C12H14O3S. The van der Waals surface area contributed by atoms with Crippen LogP contribution >= 0.6 is 0 Å². The summed E-state index contributed by atoms with van der Waals surface area (Å²) in [6.07, 6.45) is 3.02. The van der Waals surface area contributed by atoms with Crippen LogP contribution in [0, 0.1) is 0 Å². The van der Waals surface area contributed by atoms with Gasteiger partial charge in [0.15, 0.2) is 9.84 Å². The first-order valence-electron chi connectivity index (χ1n) is 5.18. The normalized spacial score (nSPS) is 20.6. The van der Waals surface area contributed by atoms with E-state index in [4.69, 9.17) is 4.74 Å². The molecule has 1 unspecified atom stereocenters. The van der Waals surface area contributed by atoms with Crippen molar-refractivity contribution in [2.75, 3.05) is 7.11 Å². The Morgan fingerprint density at radius 2 is 1.94 bits per heavy atom. The molecule has 0 spiro atoms. The zero-order valence-corrected chi connectivity index (χ0v) is 9.91. The standard InChI is InChI=1S/C12H14O3S/c1-15-10-7-8-12(9-10)16(13,14)11-5-3-2-4-6-11/h2-6,9,12H,7-8H2,1H3. The fourth-order valence-corrected chi connectivity index (χ4v) is 3.50. The smallest absolute Gasteiger partial charge is 0.184 e. The monoisotopic (exact) mass is 238 g/mol. The Morgan fingerprint density at radius 1 is 1.25 bits per heavy atom. The molecule has 1 aliphatic rings. The summed E-state index contributed by atoms with van der Waals surface area (Å²) in [5, 5.41) is -0.440. The highest BCUT2D eigenvalue weighted by atomic mass is 32.2. The van der Waals surface area contributed by atoms with Gasteiger partial charge in [0.25, 0.3) is 0 Å². The van der Waals surface area contributed by atoms with Gasteiger partial charge in [-0.25, -0.2) is 8.42 Å². The molecule has 0 heterocycles. The Morgan fingerprint density at radius 3 is 2.50 bits per heavy atom. The molecule has 16 heavy (non-hydrogen) atoms. The quantitative estimate of drug-likeness (QED) is 0.810. The molecule has 1 atom stereocenters. The van der Waals surface area contributed by atoms with E-state index in [1.54, 1.807) is 37.5 Å². The first-order chi connectivity index (χ1) is 7.64. The molecular weight excluding hydrogens is 224 g/mol. The summed E-state index contributed by atoms with van der Waals surface area (Å²) in [4.78, 5) is 0.383. The second kappa shape index (κ2) is 4.29. The average Bonchev–Trinajstić information content (AvgIpc) is 2.79. The maximum Gasteiger partial charge on any atom is 0.184 e. The Balaban J connectivity index is 2.32. The van der Waals surface area contributed by atoms with Crippen LogP contribution in [0.3, 0.4) is 0 Å². The highest BCUT2D eigenvalue weighted by Gasteiger charge is 2.30. The number of methoxy groups -OCH3 is 1. The summed E-state index contributed by atoms with van der Waals surface area (Å²) in [5.74, 6) is 0.768. The Hall–Kier alpha value is -1.29. The van der Waals surface area contributed by atoms with E-state index in [1.807, 2.05) is 6.07 Å². The van der Waals surface area contributed by atoms with E-state index in [0.717, 1.165) is 5.76 Å². The molecule has 0 aromatic heterocycles. The zero-order chi connectivity index (χ0) is 11.6. The molecule has 0 saturated carbocycles. The van der Waals surface area contributed by atoms with Gasteiger partial charge in [-0.1, -0.05) is 18.2 Å². The van der Waals surface area contributed by atoms with Gasteiger partial charge < -0.3 is 4.74 Å². The summed E-state index contributed by atoms with van der Waals surface area (Å²) in [6, 6.07) is 8.55. The van der Waals surface area contributed by atoms with Crippen LogP contribution in [0.5, 0.6) is 0 Å². The molecule has 1 aromatic carbocycles. The minimum absolute atomic E-state index is 0.383. The van der Waals surface area contributed by atoms with Crippen LogP contribution in [0.4, 0.5) is 0 Å². The van der Waals surface area contributed by atoms with Crippen molar-refractivity contribution < 1.29 is 13.2 Å². The van der Waals surface area contributed by atoms with E-state index in [1.165, 1.54) is 0 Å². The number of hydrogen-bond donors (Lipinski definition) is 0. The van der Waals surface area contributed by atoms with Crippen LogP contribution in [0.25, 0.3) is 0 Å².